The Labute approximate surface area is 121 Å². The van der Waals surface area contributed by atoms with Gasteiger partial charge in [0, 0.05) is 18.6 Å². The summed E-state index contributed by atoms with van der Waals surface area (Å²) in [6, 6.07) is 11.6. The third-order valence-corrected chi connectivity index (χ3v) is 3.27. The van der Waals surface area contributed by atoms with Crippen LogP contribution in [-0.2, 0) is 6.54 Å². The van der Waals surface area contributed by atoms with Gasteiger partial charge in [0.25, 0.3) is 5.91 Å². The molecule has 2 aromatic rings. The average molecular weight is 293 g/mol. The number of carbonyl (C=O) groups is 1. The Kier molecular flexibility index (Phi) is 4.58. The fourth-order valence-electron chi connectivity index (χ4n) is 1.88. The number of rotatable bonds is 4. The summed E-state index contributed by atoms with van der Waals surface area (Å²) in [7, 11) is 1.57. The molecule has 0 spiro atoms. The number of nitrogens with one attached hydrogen (secondary N) is 2. The Hall–Kier alpha value is -2.07. The monoisotopic (exact) mass is 292 g/mol. The summed E-state index contributed by atoms with van der Waals surface area (Å²) in [5.41, 5.74) is 1.26. The quantitative estimate of drug-likeness (QED) is 0.906. The molecule has 0 aliphatic rings. The van der Waals surface area contributed by atoms with Crippen LogP contribution >= 0.6 is 11.6 Å². The van der Waals surface area contributed by atoms with Crippen LogP contribution in [0.3, 0.4) is 0 Å². The summed E-state index contributed by atoms with van der Waals surface area (Å²) in [5, 5.41) is 6.00. The number of benzene rings is 2. The van der Waals surface area contributed by atoms with Gasteiger partial charge in [-0.2, -0.15) is 0 Å². The third-order valence-electron chi connectivity index (χ3n) is 2.91. The number of carbonyl (C=O) groups excluding carboxylic acids is 1. The minimum absolute atomic E-state index is 0.184. The second-order valence-corrected chi connectivity index (χ2v) is 4.59. The van der Waals surface area contributed by atoms with Crippen molar-refractivity contribution in [2.45, 2.75) is 6.54 Å². The van der Waals surface area contributed by atoms with E-state index in [0.717, 1.165) is 5.56 Å². The number of amides is 1. The van der Waals surface area contributed by atoms with Crippen molar-refractivity contribution in [2.24, 2.45) is 0 Å². The zero-order valence-corrected chi connectivity index (χ0v) is 11.7. The first-order valence-electron chi connectivity index (χ1n) is 6.11. The van der Waals surface area contributed by atoms with Gasteiger partial charge in [0.15, 0.2) is 0 Å². The maximum atomic E-state index is 13.6. The van der Waals surface area contributed by atoms with Crippen molar-refractivity contribution in [1.29, 1.82) is 0 Å². The molecule has 0 unspecified atom stereocenters. The molecule has 2 aromatic carbocycles. The Morgan fingerprint density at radius 1 is 1.20 bits per heavy atom. The van der Waals surface area contributed by atoms with Gasteiger partial charge < -0.3 is 10.6 Å². The molecular weight excluding hydrogens is 279 g/mol. The van der Waals surface area contributed by atoms with E-state index < -0.39 is 5.82 Å². The summed E-state index contributed by atoms with van der Waals surface area (Å²) in [4.78, 5) is 12.1. The topological polar surface area (TPSA) is 41.1 Å². The molecule has 2 rings (SSSR count). The molecule has 5 heteroatoms. The molecule has 0 radical (unpaired) electrons. The highest BCUT2D eigenvalue weighted by Crippen LogP contribution is 2.19. The van der Waals surface area contributed by atoms with E-state index in [2.05, 4.69) is 10.6 Å². The van der Waals surface area contributed by atoms with Gasteiger partial charge in [-0.1, -0.05) is 35.9 Å². The lowest BCUT2D eigenvalue weighted by atomic mass is 10.1. The Morgan fingerprint density at radius 3 is 2.65 bits per heavy atom. The predicted molar refractivity (Wildman–Crippen MR) is 78.6 cm³/mol. The first-order valence-corrected chi connectivity index (χ1v) is 6.49. The SMILES string of the molecule is CNc1c(F)cccc1C(=O)NCc1ccccc1Cl. The number of anilines is 1. The van der Waals surface area contributed by atoms with Gasteiger partial charge in [0.05, 0.1) is 11.3 Å². The minimum Gasteiger partial charge on any atom is -0.385 e. The van der Waals surface area contributed by atoms with E-state index in [4.69, 9.17) is 11.6 Å². The predicted octanol–water partition coefficient (Wildman–Crippen LogP) is 3.45. The van der Waals surface area contributed by atoms with Crippen molar-refractivity contribution < 1.29 is 9.18 Å². The molecule has 0 aliphatic heterocycles. The van der Waals surface area contributed by atoms with Gasteiger partial charge in [0.1, 0.15) is 5.82 Å². The second-order valence-electron chi connectivity index (χ2n) is 4.19. The fraction of sp³-hybridized carbons (Fsp3) is 0.133. The van der Waals surface area contributed by atoms with Crippen LogP contribution in [0.25, 0.3) is 0 Å². The lowest BCUT2D eigenvalue weighted by Crippen LogP contribution is -2.24. The van der Waals surface area contributed by atoms with E-state index in [-0.39, 0.29) is 23.7 Å². The van der Waals surface area contributed by atoms with E-state index in [0.29, 0.717) is 5.02 Å². The summed E-state index contributed by atoms with van der Waals surface area (Å²) < 4.78 is 13.6. The number of hydrogen-bond donors (Lipinski definition) is 2. The zero-order chi connectivity index (χ0) is 14.5. The highest BCUT2D eigenvalue weighted by atomic mass is 35.5. The van der Waals surface area contributed by atoms with Gasteiger partial charge in [0.2, 0.25) is 0 Å². The molecule has 0 saturated carbocycles. The molecule has 0 bridgehead atoms. The standard InChI is InChI=1S/C15H14ClFN2O/c1-18-14-11(6-4-8-13(14)17)15(20)19-9-10-5-2-3-7-12(10)16/h2-8,18H,9H2,1H3,(H,19,20). The molecule has 1 amide bonds. The summed E-state index contributed by atoms with van der Waals surface area (Å²) in [5.74, 6) is -0.813. The first-order chi connectivity index (χ1) is 9.63. The van der Waals surface area contributed by atoms with Gasteiger partial charge >= 0.3 is 0 Å². The van der Waals surface area contributed by atoms with Crippen molar-refractivity contribution in [3.8, 4) is 0 Å². The first kappa shape index (κ1) is 14.3. The lowest BCUT2D eigenvalue weighted by Gasteiger charge is -2.11. The summed E-state index contributed by atoms with van der Waals surface area (Å²) in [6.07, 6.45) is 0. The molecule has 0 aromatic heterocycles. The Balaban J connectivity index is 2.14. The normalized spacial score (nSPS) is 10.2. The molecule has 2 N–H and O–H groups in total. The molecular formula is C15H14ClFN2O. The van der Waals surface area contributed by atoms with E-state index in [1.54, 1.807) is 19.2 Å². The molecule has 0 atom stereocenters. The lowest BCUT2D eigenvalue weighted by molar-refractivity contribution is 0.0951. The molecule has 3 nitrogen and oxygen atoms in total. The van der Waals surface area contributed by atoms with Crippen molar-refractivity contribution in [1.82, 2.24) is 5.32 Å². The van der Waals surface area contributed by atoms with Crippen LogP contribution in [0.1, 0.15) is 15.9 Å². The average Bonchev–Trinajstić information content (AvgIpc) is 2.46. The molecule has 104 valence electrons. The molecule has 0 fully saturated rings. The minimum atomic E-state index is -0.460. The molecule has 0 aliphatic carbocycles. The van der Waals surface area contributed by atoms with Gasteiger partial charge in [-0.3, -0.25) is 4.79 Å². The maximum absolute atomic E-state index is 13.6. The number of hydrogen-bond acceptors (Lipinski definition) is 2. The Bertz CT molecular complexity index is 631. The summed E-state index contributed by atoms with van der Waals surface area (Å²) in [6.45, 7) is 0.290. The van der Waals surface area contributed by atoms with Crippen LogP contribution in [0.4, 0.5) is 10.1 Å². The Morgan fingerprint density at radius 2 is 1.95 bits per heavy atom. The van der Waals surface area contributed by atoms with Gasteiger partial charge in [-0.15, -0.1) is 0 Å². The van der Waals surface area contributed by atoms with E-state index in [1.165, 1.54) is 12.1 Å². The van der Waals surface area contributed by atoms with Crippen molar-refractivity contribution in [3.05, 3.63) is 64.4 Å². The van der Waals surface area contributed by atoms with Crippen molar-refractivity contribution >= 4 is 23.2 Å². The van der Waals surface area contributed by atoms with Crippen LogP contribution in [0.5, 0.6) is 0 Å². The van der Waals surface area contributed by atoms with Gasteiger partial charge in [-0.25, -0.2) is 4.39 Å². The van der Waals surface area contributed by atoms with Crippen LogP contribution in [0.15, 0.2) is 42.5 Å². The highest BCUT2D eigenvalue weighted by Gasteiger charge is 2.14. The van der Waals surface area contributed by atoms with E-state index in [9.17, 15) is 9.18 Å². The van der Waals surface area contributed by atoms with Crippen LogP contribution in [0, 0.1) is 5.82 Å². The highest BCUT2D eigenvalue weighted by molar-refractivity contribution is 6.31. The second kappa shape index (κ2) is 6.39. The fourth-order valence-corrected chi connectivity index (χ4v) is 2.08. The van der Waals surface area contributed by atoms with E-state index >= 15 is 0 Å². The van der Waals surface area contributed by atoms with Crippen molar-refractivity contribution in [2.75, 3.05) is 12.4 Å². The largest absolute Gasteiger partial charge is 0.385 e. The number of para-hydroxylation sites is 1. The number of halogens is 2. The maximum Gasteiger partial charge on any atom is 0.253 e. The third kappa shape index (κ3) is 3.08. The van der Waals surface area contributed by atoms with Crippen molar-refractivity contribution in [3.63, 3.8) is 0 Å². The molecule has 0 saturated heterocycles. The molecule has 20 heavy (non-hydrogen) atoms. The molecule has 0 heterocycles. The van der Waals surface area contributed by atoms with Gasteiger partial charge in [-0.05, 0) is 23.8 Å². The summed E-state index contributed by atoms with van der Waals surface area (Å²) >= 11 is 6.01. The van der Waals surface area contributed by atoms with Crippen LogP contribution in [0.2, 0.25) is 5.02 Å². The van der Waals surface area contributed by atoms with Crippen LogP contribution in [-0.4, -0.2) is 13.0 Å². The zero-order valence-electron chi connectivity index (χ0n) is 10.9. The van der Waals surface area contributed by atoms with E-state index in [1.807, 2.05) is 18.2 Å². The smallest absolute Gasteiger partial charge is 0.253 e. The van der Waals surface area contributed by atoms with Crippen LogP contribution < -0.4 is 10.6 Å².